The summed E-state index contributed by atoms with van der Waals surface area (Å²) in [4.78, 5) is 27.2. The summed E-state index contributed by atoms with van der Waals surface area (Å²) in [5, 5.41) is 19.1. The van der Waals surface area contributed by atoms with Gasteiger partial charge < -0.3 is 29.9 Å². The smallest absolute Gasteiger partial charge is 0.319 e. The fourth-order valence-electron chi connectivity index (χ4n) is 4.50. The highest BCUT2D eigenvalue weighted by atomic mass is 32.2. The molecule has 0 radical (unpaired) electrons. The molecule has 1 aromatic carbocycles. The minimum atomic E-state index is -3.94. The molecule has 0 bridgehead atoms. The molecule has 216 valence electrons. The van der Waals surface area contributed by atoms with Gasteiger partial charge in [-0.3, -0.25) is 4.79 Å². The average Bonchev–Trinajstić information content (AvgIpc) is 3.21. The van der Waals surface area contributed by atoms with E-state index in [1.807, 2.05) is 20.8 Å². The SMILES string of the molecule is Cc1noc(C)c1S(=O)(=O)N(C)C[C@H]1Oc2ccc(NC(=O)NC(C)C)cc2CC(=O)N([C@H](C)CO)C[C@@H]1C. The number of anilines is 1. The van der Waals surface area contributed by atoms with Crippen molar-refractivity contribution in [3.63, 3.8) is 0 Å². The van der Waals surface area contributed by atoms with Crippen molar-refractivity contribution in [2.24, 2.45) is 5.92 Å². The van der Waals surface area contributed by atoms with E-state index in [1.54, 1.807) is 43.9 Å². The molecule has 1 aliphatic heterocycles. The van der Waals surface area contributed by atoms with Crippen molar-refractivity contribution in [1.82, 2.24) is 19.7 Å². The van der Waals surface area contributed by atoms with Crippen molar-refractivity contribution in [3.05, 3.63) is 35.2 Å². The molecule has 0 fully saturated rings. The highest BCUT2D eigenvalue weighted by Gasteiger charge is 2.35. The lowest BCUT2D eigenvalue weighted by atomic mass is 10.0. The van der Waals surface area contributed by atoms with Gasteiger partial charge in [-0.15, -0.1) is 0 Å². The van der Waals surface area contributed by atoms with Crippen LogP contribution in [0.4, 0.5) is 10.5 Å². The molecule has 3 atom stereocenters. The molecule has 3 rings (SSSR count). The maximum Gasteiger partial charge on any atom is 0.319 e. The number of aliphatic hydroxyl groups is 1. The summed E-state index contributed by atoms with van der Waals surface area (Å²) in [5.41, 5.74) is 1.28. The van der Waals surface area contributed by atoms with Gasteiger partial charge in [-0.2, -0.15) is 4.31 Å². The maximum atomic E-state index is 13.4. The Morgan fingerprint density at radius 2 is 1.97 bits per heavy atom. The van der Waals surface area contributed by atoms with E-state index in [0.29, 0.717) is 17.0 Å². The fourth-order valence-corrected chi connectivity index (χ4v) is 5.97. The van der Waals surface area contributed by atoms with Crippen LogP contribution in [0.3, 0.4) is 0 Å². The van der Waals surface area contributed by atoms with Crippen molar-refractivity contribution < 1.29 is 32.4 Å². The number of hydrogen-bond acceptors (Lipinski definition) is 8. The maximum absolute atomic E-state index is 13.4. The molecule has 39 heavy (non-hydrogen) atoms. The minimum Gasteiger partial charge on any atom is -0.488 e. The van der Waals surface area contributed by atoms with E-state index in [4.69, 9.17) is 9.26 Å². The Morgan fingerprint density at radius 1 is 1.28 bits per heavy atom. The zero-order valence-electron chi connectivity index (χ0n) is 23.5. The van der Waals surface area contributed by atoms with Crippen LogP contribution in [0.5, 0.6) is 5.75 Å². The van der Waals surface area contributed by atoms with Crippen molar-refractivity contribution in [1.29, 1.82) is 0 Å². The Bertz CT molecular complexity index is 1270. The topological polar surface area (TPSA) is 154 Å². The molecule has 0 aliphatic carbocycles. The second-order valence-corrected chi connectivity index (χ2v) is 12.4. The largest absolute Gasteiger partial charge is 0.488 e. The van der Waals surface area contributed by atoms with Crippen LogP contribution in [0, 0.1) is 19.8 Å². The van der Waals surface area contributed by atoms with Gasteiger partial charge in [0.1, 0.15) is 22.4 Å². The first-order valence-corrected chi connectivity index (χ1v) is 14.3. The molecular weight excluding hydrogens is 526 g/mol. The minimum absolute atomic E-state index is 0.0146. The Morgan fingerprint density at radius 3 is 2.56 bits per heavy atom. The van der Waals surface area contributed by atoms with E-state index in [-0.39, 0.29) is 66.4 Å². The van der Waals surface area contributed by atoms with Crippen LogP contribution in [0.1, 0.15) is 44.7 Å². The first kappa shape index (κ1) is 30.4. The number of amides is 3. The third kappa shape index (κ3) is 7.08. The number of likely N-dealkylation sites (N-methyl/N-ethyl adjacent to an activating group) is 1. The quantitative estimate of drug-likeness (QED) is 0.441. The number of carbonyl (C=O) groups excluding carboxylic acids is 2. The van der Waals surface area contributed by atoms with Gasteiger partial charge >= 0.3 is 6.03 Å². The zero-order valence-corrected chi connectivity index (χ0v) is 24.3. The molecule has 2 heterocycles. The van der Waals surface area contributed by atoms with E-state index in [0.717, 1.165) is 0 Å². The van der Waals surface area contributed by atoms with Crippen molar-refractivity contribution in [2.75, 3.05) is 32.1 Å². The lowest BCUT2D eigenvalue weighted by Gasteiger charge is -2.33. The molecule has 3 N–H and O–H groups in total. The number of sulfonamides is 1. The second-order valence-electron chi connectivity index (χ2n) is 10.4. The molecular formula is C26H39N5O7S. The predicted molar refractivity (Wildman–Crippen MR) is 145 cm³/mol. The predicted octanol–water partition coefficient (Wildman–Crippen LogP) is 2.29. The Hall–Kier alpha value is -3.16. The molecule has 1 aromatic heterocycles. The highest BCUT2D eigenvalue weighted by molar-refractivity contribution is 7.89. The third-order valence-corrected chi connectivity index (χ3v) is 8.74. The summed E-state index contributed by atoms with van der Waals surface area (Å²) < 4.78 is 39.5. The Labute approximate surface area is 229 Å². The van der Waals surface area contributed by atoms with Crippen LogP contribution in [-0.4, -0.2) is 84.8 Å². The number of ether oxygens (including phenoxy) is 1. The summed E-state index contributed by atoms with van der Waals surface area (Å²) >= 11 is 0. The summed E-state index contributed by atoms with van der Waals surface area (Å²) in [5.74, 6) is 0.0973. The zero-order chi connectivity index (χ0) is 29.1. The molecule has 1 aliphatic rings. The van der Waals surface area contributed by atoms with E-state index in [9.17, 15) is 23.1 Å². The normalized spacial score (nSPS) is 19.1. The number of benzene rings is 1. The van der Waals surface area contributed by atoms with Crippen LogP contribution >= 0.6 is 0 Å². The summed E-state index contributed by atoms with van der Waals surface area (Å²) in [6, 6.07) is 4.11. The van der Waals surface area contributed by atoms with E-state index >= 15 is 0 Å². The van der Waals surface area contributed by atoms with Crippen LogP contribution < -0.4 is 15.4 Å². The van der Waals surface area contributed by atoms with E-state index in [2.05, 4.69) is 15.8 Å². The molecule has 0 saturated carbocycles. The lowest BCUT2D eigenvalue weighted by molar-refractivity contribution is -0.134. The monoisotopic (exact) mass is 565 g/mol. The van der Waals surface area contributed by atoms with Gasteiger partial charge in [0.05, 0.1) is 25.6 Å². The average molecular weight is 566 g/mol. The number of carbonyl (C=O) groups is 2. The molecule has 0 spiro atoms. The molecule has 0 unspecified atom stereocenters. The number of aromatic nitrogens is 1. The Balaban J connectivity index is 1.97. The molecule has 13 heteroatoms. The number of aryl methyl sites for hydroxylation is 2. The van der Waals surface area contributed by atoms with Gasteiger partial charge in [0.2, 0.25) is 15.9 Å². The molecule has 3 amide bonds. The molecule has 0 saturated heterocycles. The number of rotatable bonds is 8. The van der Waals surface area contributed by atoms with Gasteiger partial charge in [-0.1, -0.05) is 12.1 Å². The highest BCUT2D eigenvalue weighted by Crippen LogP contribution is 2.30. The van der Waals surface area contributed by atoms with E-state index < -0.39 is 22.2 Å². The second kappa shape index (κ2) is 12.3. The van der Waals surface area contributed by atoms with Crippen LogP contribution in [0.25, 0.3) is 0 Å². The first-order valence-electron chi connectivity index (χ1n) is 12.9. The number of nitrogens with zero attached hydrogens (tertiary/aromatic N) is 3. The van der Waals surface area contributed by atoms with Crippen molar-refractivity contribution >= 4 is 27.6 Å². The summed E-state index contributed by atoms with van der Waals surface area (Å²) in [6.07, 6.45) is -0.667. The third-order valence-electron chi connectivity index (χ3n) is 6.67. The number of hydrogen-bond donors (Lipinski definition) is 3. The summed E-state index contributed by atoms with van der Waals surface area (Å²) in [6.45, 7) is 10.4. The van der Waals surface area contributed by atoms with Gasteiger partial charge in [0, 0.05) is 36.8 Å². The number of nitrogens with one attached hydrogen (secondary N) is 2. The van der Waals surface area contributed by atoms with Crippen LogP contribution in [0.15, 0.2) is 27.6 Å². The summed E-state index contributed by atoms with van der Waals surface area (Å²) in [7, 11) is -2.48. The van der Waals surface area contributed by atoms with Crippen molar-refractivity contribution in [2.45, 2.75) is 71.0 Å². The number of aliphatic hydroxyl groups excluding tert-OH is 1. The van der Waals surface area contributed by atoms with Crippen LogP contribution in [0.2, 0.25) is 0 Å². The fraction of sp³-hybridized carbons (Fsp3) is 0.577. The first-order chi connectivity index (χ1) is 18.2. The number of urea groups is 1. The standard InChI is InChI=1S/C26H39N5O7S/c1-15(2)27-26(34)28-21-8-9-22-20(10-21)11-24(33)31(17(4)14-32)12-16(3)23(37-22)13-30(7)39(35,36)25-18(5)29-38-19(25)6/h8-10,15-17,23,32H,11-14H2,1-7H3,(H2,27,28,34)/t16-,17+,23+/m0/s1. The van der Waals surface area contributed by atoms with Gasteiger partial charge in [0.15, 0.2) is 5.76 Å². The molecule has 12 nitrogen and oxygen atoms in total. The van der Waals surface area contributed by atoms with Gasteiger partial charge in [-0.25, -0.2) is 13.2 Å². The van der Waals surface area contributed by atoms with Crippen LogP contribution in [-0.2, 0) is 21.2 Å². The van der Waals surface area contributed by atoms with Gasteiger partial charge in [-0.05, 0) is 52.8 Å². The van der Waals surface area contributed by atoms with E-state index in [1.165, 1.54) is 11.4 Å². The lowest BCUT2D eigenvalue weighted by Crippen LogP contribution is -2.48. The van der Waals surface area contributed by atoms with Gasteiger partial charge in [0.25, 0.3) is 0 Å². The van der Waals surface area contributed by atoms with Crippen molar-refractivity contribution in [3.8, 4) is 5.75 Å². The number of fused-ring (bicyclic) bond motifs is 1. The molecule has 2 aromatic rings. The Kier molecular flexibility index (Phi) is 9.62.